The Balaban J connectivity index is 2.52. The molecule has 0 aliphatic carbocycles. The summed E-state index contributed by atoms with van der Waals surface area (Å²) >= 11 is 3.14. The molecule has 76 valence electrons. The lowest BCUT2D eigenvalue weighted by molar-refractivity contribution is -0.385. The van der Waals surface area contributed by atoms with Gasteiger partial charge in [-0.05, 0) is 40.2 Å². The first-order valence-corrected chi connectivity index (χ1v) is 5.05. The number of nitro groups is 1. The molecule has 0 saturated heterocycles. The fraction of sp³-hybridized carbons (Fsp3) is 0. The van der Waals surface area contributed by atoms with Crippen molar-refractivity contribution >= 4 is 21.6 Å². The predicted octanol–water partition coefficient (Wildman–Crippen LogP) is 3.15. The minimum atomic E-state index is -0.406. The van der Waals surface area contributed by atoms with E-state index in [1.54, 1.807) is 6.07 Å². The third-order valence-electron chi connectivity index (χ3n) is 2.03. The summed E-state index contributed by atoms with van der Waals surface area (Å²) in [7, 11) is 0. The smallest absolute Gasteiger partial charge is 0.285 e. The van der Waals surface area contributed by atoms with Crippen LogP contribution < -0.4 is 0 Å². The fourth-order valence-corrected chi connectivity index (χ4v) is 1.70. The Kier molecular flexibility index (Phi) is 2.55. The molecule has 0 unspecified atom stereocenters. The van der Waals surface area contributed by atoms with Gasteiger partial charge in [-0.2, -0.15) is 0 Å². The summed E-state index contributed by atoms with van der Waals surface area (Å²) in [6.45, 7) is 0. The SMILES string of the molecule is O=[N+]([O-])c1cc(-n2cccc2)ccc1Br. The van der Waals surface area contributed by atoms with Crippen LogP contribution in [0.15, 0.2) is 47.2 Å². The van der Waals surface area contributed by atoms with Crippen LogP contribution in [0.25, 0.3) is 5.69 Å². The number of nitro benzene ring substituents is 1. The van der Waals surface area contributed by atoms with E-state index in [4.69, 9.17) is 0 Å². The molecular weight excluding hydrogens is 260 g/mol. The minimum Gasteiger partial charge on any atom is -0.324 e. The van der Waals surface area contributed by atoms with Gasteiger partial charge in [0.2, 0.25) is 0 Å². The van der Waals surface area contributed by atoms with Crippen molar-refractivity contribution < 1.29 is 4.92 Å². The lowest BCUT2D eigenvalue weighted by Crippen LogP contribution is -1.94. The number of rotatable bonds is 2. The lowest BCUT2D eigenvalue weighted by Gasteiger charge is -2.03. The van der Waals surface area contributed by atoms with E-state index in [-0.39, 0.29) is 5.69 Å². The largest absolute Gasteiger partial charge is 0.324 e. The van der Waals surface area contributed by atoms with Crippen molar-refractivity contribution in [3.8, 4) is 5.69 Å². The van der Waals surface area contributed by atoms with Crippen molar-refractivity contribution in [2.75, 3.05) is 0 Å². The molecule has 0 spiro atoms. The number of hydrogen-bond donors (Lipinski definition) is 0. The Morgan fingerprint density at radius 2 is 1.93 bits per heavy atom. The van der Waals surface area contributed by atoms with Crippen LogP contribution in [0, 0.1) is 10.1 Å². The van der Waals surface area contributed by atoms with Gasteiger partial charge in [0.05, 0.1) is 15.1 Å². The number of aromatic nitrogens is 1. The highest BCUT2D eigenvalue weighted by Gasteiger charge is 2.12. The van der Waals surface area contributed by atoms with Gasteiger partial charge >= 0.3 is 0 Å². The van der Waals surface area contributed by atoms with Gasteiger partial charge in [0.1, 0.15) is 0 Å². The minimum absolute atomic E-state index is 0.0706. The summed E-state index contributed by atoms with van der Waals surface area (Å²) in [6, 6.07) is 8.76. The van der Waals surface area contributed by atoms with Gasteiger partial charge in [0, 0.05) is 18.5 Å². The van der Waals surface area contributed by atoms with Crippen LogP contribution in [0.4, 0.5) is 5.69 Å². The van der Waals surface area contributed by atoms with Crippen LogP contribution in [0.3, 0.4) is 0 Å². The lowest BCUT2D eigenvalue weighted by atomic mass is 10.3. The molecule has 2 aromatic rings. The van der Waals surface area contributed by atoms with Crippen molar-refractivity contribution in [3.05, 3.63) is 57.3 Å². The van der Waals surface area contributed by atoms with Gasteiger partial charge in [-0.1, -0.05) is 0 Å². The Morgan fingerprint density at radius 3 is 2.53 bits per heavy atom. The van der Waals surface area contributed by atoms with Gasteiger partial charge in [0.25, 0.3) is 5.69 Å². The summed E-state index contributed by atoms with van der Waals surface area (Å²) in [5, 5.41) is 10.7. The molecule has 0 atom stereocenters. The number of benzene rings is 1. The Hall–Kier alpha value is -1.62. The van der Waals surface area contributed by atoms with E-state index in [0.717, 1.165) is 5.69 Å². The van der Waals surface area contributed by atoms with Crippen LogP contribution >= 0.6 is 15.9 Å². The van der Waals surface area contributed by atoms with Crippen molar-refractivity contribution in [2.24, 2.45) is 0 Å². The van der Waals surface area contributed by atoms with Crippen LogP contribution in [0.1, 0.15) is 0 Å². The zero-order valence-electron chi connectivity index (χ0n) is 7.63. The summed E-state index contributed by atoms with van der Waals surface area (Å²) in [6.07, 6.45) is 3.68. The normalized spacial score (nSPS) is 10.2. The average Bonchev–Trinajstić information content (AvgIpc) is 2.71. The first-order chi connectivity index (χ1) is 7.18. The molecule has 1 heterocycles. The van der Waals surface area contributed by atoms with Crippen molar-refractivity contribution in [3.63, 3.8) is 0 Å². The van der Waals surface area contributed by atoms with E-state index >= 15 is 0 Å². The molecule has 0 aliphatic rings. The Bertz CT molecular complexity index is 494. The molecule has 1 aromatic heterocycles. The molecule has 0 amide bonds. The molecule has 1 aromatic carbocycles. The average molecular weight is 267 g/mol. The highest BCUT2D eigenvalue weighted by molar-refractivity contribution is 9.10. The van der Waals surface area contributed by atoms with E-state index in [1.165, 1.54) is 6.07 Å². The summed E-state index contributed by atoms with van der Waals surface area (Å²) in [5.41, 5.74) is 0.844. The molecule has 0 radical (unpaired) electrons. The number of hydrogen-bond acceptors (Lipinski definition) is 2. The third kappa shape index (κ3) is 1.92. The quantitative estimate of drug-likeness (QED) is 0.619. The number of halogens is 1. The molecule has 0 aliphatic heterocycles. The molecule has 4 nitrogen and oxygen atoms in total. The summed E-state index contributed by atoms with van der Waals surface area (Å²) in [4.78, 5) is 10.3. The molecule has 2 rings (SSSR count). The molecule has 15 heavy (non-hydrogen) atoms. The summed E-state index contributed by atoms with van der Waals surface area (Å²) < 4.78 is 2.31. The molecule has 0 fully saturated rings. The molecule has 0 saturated carbocycles. The molecule has 0 N–H and O–H groups in total. The second-order valence-corrected chi connectivity index (χ2v) is 3.84. The van der Waals surface area contributed by atoms with Gasteiger partial charge in [-0.3, -0.25) is 10.1 Å². The van der Waals surface area contributed by atoms with E-state index in [0.29, 0.717) is 4.47 Å². The van der Waals surface area contributed by atoms with Crippen molar-refractivity contribution in [1.82, 2.24) is 4.57 Å². The van der Waals surface area contributed by atoms with E-state index in [2.05, 4.69) is 15.9 Å². The monoisotopic (exact) mass is 266 g/mol. The predicted molar refractivity (Wildman–Crippen MR) is 60.1 cm³/mol. The second kappa shape index (κ2) is 3.86. The highest BCUT2D eigenvalue weighted by atomic mass is 79.9. The van der Waals surface area contributed by atoms with E-state index < -0.39 is 4.92 Å². The maximum absolute atomic E-state index is 10.7. The van der Waals surface area contributed by atoms with Gasteiger partial charge < -0.3 is 4.57 Å². The zero-order chi connectivity index (χ0) is 10.8. The Morgan fingerprint density at radius 1 is 1.27 bits per heavy atom. The topological polar surface area (TPSA) is 48.1 Å². The summed E-state index contributed by atoms with van der Waals surface area (Å²) in [5.74, 6) is 0. The number of nitrogens with zero attached hydrogens (tertiary/aromatic N) is 2. The van der Waals surface area contributed by atoms with Gasteiger partial charge in [0.15, 0.2) is 0 Å². The standard InChI is InChI=1S/C10H7BrN2O2/c11-9-4-3-8(7-10(9)13(14)15)12-5-1-2-6-12/h1-7H. The Labute approximate surface area is 94.4 Å². The third-order valence-corrected chi connectivity index (χ3v) is 2.70. The van der Waals surface area contributed by atoms with Gasteiger partial charge in [-0.25, -0.2) is 0 Å². The van der Waals surface area contributed by atoms with Crippen molar-refractivity contribution in [1.29, 1.82) is 0 Å². The maximum atomic E-state index is 10.7. The van der Waals surface area contributed by atoms with Crippen LogP contribution in [0.2, 0.25) is 0 Å². The fourth-order valence-electron chi connectivity index (χ4n) is 1.31. The zero-order valence-corrected chi connectivity index (χ0v) is 9.22. The molecular formula is C10H7BrN2O2. The highest BCUT2D eigenvalue weighted by Crippen LogP contribution is 2.27. The van der Waals surface area contributed by atoms with Crippen LogP contribution in [-0.2, 0) is 0 Å². The van der Waals surface area contributed by atoms with Gasteiger partial charge in [-0.15, -0.1) is 0 Å². The van der Waals surface area contributed by atoms with E-state index in [1.807, 2.05) is 35.2 Å². The molecule has 0 bridgehead atoms. The van der Waals surface area contributed by atoms with Crippen LogP contribution in [-0.4, -0.2) is 9.49 Å². The van der Waals surface area contributed by atoms with E-state index in [9.17, 15) is 10.1 Å². The first kappa shape index (κ1) is 9.92. The second-order valence-electron chi connectivity index (χ2n) is 2.98. The maximum Gasteiger partial charge on any atom is 0.285 e. The van der Waals surface area contributed by atoms with Crippen molar-refractivity contribution in [2.45, 2.75) is 0 Å². The van der Waals surface area contributed by atoms with Crippen LogP contribution in [0.5, 0.6) is 0 Å². The molecule has 5 heteroatoms. The first-order valence-electron chi connectivity index (χ1n) is 4.26.